The molecule has 338 valence electrons. The van der Waals surface area contributed by atoms with Crippen molar-refractivity contribution >= 4 is 109 Å². The zero-order chi connectivity index (χ0) is 48.6. The second kappa shape index (κ2) is 44.7. The molecule has 12 heteroatoms. The SMILES string of the molecule is [C-]#[O+].[C-]#[O+].[C-]#[O+].[C-]#[O+].[C-]#[O+].[C-]#[O+].[Mn].[Mn].c1cc[c]([Sb]([CH2][Sb]([c]2ccccc2)[c]2ccccc2)[c]2ccccc2)cc1.c1cc[c]([Sb]([CH2][Sb]([c]2ccccc2)[c]2ccccc2)[c]2ccccc2)cc1. The van der Waals surface area contributed by atoms with E-state index in [9.17, 15) is 0 Å². The maximum atomic E-state index is 7.50. The van der Waals surface area contributed by atoms with Gasteiger partial charge in [-0.1, -0.05) is 0 Å². The van der Waals surface area contributed by atoms with E-state index in [0.29, 0.717) is 0 Å². The minimum atomic E-state index is -1.81. The van der Waals surface area contributed by atoms with Crippen molar-refractivity contribution < 1.29 is 62.1 Å². The molecule has 0 unspecified atom stereocenters. The van der Waals surface area contributed by atoms with Crippen molar-refractivity contribution in [2.24, 2.45) is 0 Å². The summed E-state index contributed by atoms with van der Waals surface area (Å²) in [7, 11) is 0. The number of benzene rings is 8. The van der Waals surface area contributed by atoms with Crippen molar-refractivity contribution in [2.75, 3.05) is 0 Å². The Morgan fingerprint density at radius 2 is 0.279 bits per heavy atom. The Morgan fingerprint density at radius 1 is 0.191 bits per heavy atom. The average Bonchev–Trinajstić information content (AvgIpc) is 3.45. The summed E-state index contributed by atoms with van der Waals surface area (Å²) in [5, 5.41) is 0. The standard InChI is InChI=1S/8C6H5.6CO.2CH2.2Mn.4Sb/c8*1-2-4-6-5-3-1;6*1-2;;;;;;;;/h8*1-5H;;;;;;;2*1H2;;;;;;. The van der Waals surface area contributed by atoms with Gasteiger partial charge in [0.05, 0.1) is 0 Å². The third kappa shape index (κ3) is 23.4. The van der Waals surface area contributed by atoms with Crippen LogP contribution in [0.4, 0.5) is 0 Å². The van der Waals surface area contributed by atoms with Gasteiger partial charge in [0.2, 0.25) is 0 Å². The number of hydrogen-bond donors (Lipinski definition) is 0. The molecule has 0 aliphatic rings. The van der Waals surface area contributed by atoms with Crippen molar-refractivity contribution in [1.82, 2.24) is 0 Å². The van der Waals surface area contributed by atoms with Crippen molar-refractivity contribution in [3.63, 3.8) is 0 Å². The van der Waals surface area contributed by atoms with E-state index in [4.69, 9.17) is 27.9 Å². The molecule has 0 saturated carbocycles. The van der Waals surface area contributed by atoms with Crippen LogP contribution in [0.25, 0.3) is 0 Å². The van der Waals surface area contributed by atoms with Crippen LogP contribution in [0.2, 0.25) is 4.63 Å². The molecular formula is C56H44Mn2O6Sb4. The quantitative estimate of drug-likeness (QED) is 0.0805. The Kier molecular flexibility index (Phi) is 43.8. The van der Waals surface area contributed by atoms with Crippen molar-refractivity contribution in [3.05, 3.63) is 283 Å². The summed E-state index contributed by atoms with van der Waals surface area (Å²) in [4.78, 5) is 0. The summed E-state index contributed by atoms with van der Waals surface area (Å²) < 4.78 is 60.7. The van der Waals surface area contributed by atoms with Crippen molar-refractivity contribution in [1.29, 1.82) is 0 Å². The Balaban J connectivity index is 0. The molecule has 8 rings (SSSR count). The van der Waals surface area contributed by atoms with Crippen LogP contribution in [0.5, 0.6) is 0 Å². The maximum absolute atomic E-state index is 7.50. The fourth-order valence-corrected chi connectivity index (χ4v) is 63.1. The van der Waals surface area contributed by atoms with Crippen molar-refractivity contribution in [3.8, 4) is 0 Å². The molecule has 0 saturated heterocycles. The van der Waals surface area contributed by atoms with Crippen LogP contribution in [0.1, 0.15) is 0 Å². The second-order valence-electron chi connectivity index (χ2n) is 12.7. The van der Waals surface area contributed by atoms with E-state index >= 15 is 0 Å². The summed E-state index contributed by atoms with van der Waals surface area (Å²) in [6.45, 7) is 27.0. The van der Waals surface area contributed by atoms with Crippen LogP contribution in [0.3, 0.4) is 0 Å². The molecule has 0 aliphatic carbocycles. The summed E-state index contributed by atoms with van der Waals surface area (Å²) >= 11 is -7.25. The Hall–Kier alpha value is -3.49. The molecular weight excluding hydrogens is 1370 g/mol. The zero-order valence-electron chi connectivity index (χ0n) is 36.5. The van der Waals surface area contributed by atoms with Crippen molar-refractivity contribution in [2.45, 2.75) is 4.63 Å². The topological polar surface area (TPSA) is 119 Å². The molecule has 0 bridgehead atoms. The molecule has 0 heterocycles. The molecule has 8 aromatic rings. The van der Waals surface area contributed by atoms with Gasteiger partial charge in [0.25, 0.3) is 0 Å². The van der Waals surface area contributed by atoms with Gasteiger partial charge in [-0.25, -0.2) is 0 Å². The van der Waals surface area contributed by atoms with Gasteiger partial charge in [-0.05, 0) is 0 Å². The third-order valence-electron chi connectivity index (χ3n) is 9.11. The molecule has 0 spiro atoms. The second-order valence-corrected chi connectivity index (χ2v) is 46.7. The van der Waals surface area contributed by atoms with Crippen LogP contribution in [0, 0.1) is 39.9 Å². The average molecular weight is 1410 g/mol. The van der Waals surface area contributed by atoms with Crippen LogP contribution >= 0.6 is 0 Å². The first-order valence-electron chi connectivity index (χ1n) is 19.6. The fourth-order valence-electron chi connectivity index (χ4n) is 6.40. The summed E-state index contributed by atoms with van der Waals surface area (Å²) in [5.41, 5.74) is 0. The predicted molar refractivity (Wildman–Crippen MR) is 265 cm³/mol. The van der Waals surface area contributed by atoms with Gasteiger partial charge in [0, 0.05) is 34.1 Å². The summed E-state index contributed by atoms with van der Waals surface area (Å²) in [5.74, 6) is 0. The van der Waals surface area contributed by atoms with E-state index in [1.165, 1.54) is 4.63 Å². The van der Waals surface area contributed by atoms with E-state index in [1.54, 1.807) is 28.1 Å². The fraction of sp³-hybridized carbons (Fsp3) is 0.0357. The normalized spacial score (nSPS) is 8.94. The van der Waals surface area contributed by atoms with E-state index < -0.39 is 80.8 Å². The van der Waals surface area contributed by atoms with E-state index in [2.05, 4.69) is 283 Å². The summed E-state index contributed by atoms with van der Waals surface area (Å²) in [6, 6.07) is 90.3. The van der Waals surface area contributed by atoms with Gasteiger partial charge in [0.1, 0.15) is 0 Å². The van der Waals surface area contributed by atoms with E-state index in [0.717, 1.165) is 0 Å². The van der Waals surface area contributed by atoms with E-state index in [-0.39, 0.29) is 34.1 Å². The minimum absolute atomic E-state index is 0. The van der Waals surface area contributed by atoms with Gasteiger partial charge in [0.15, 0.2) is 0 Å². The van der Waals surface area contributed by atoms with Gasteiger partial charge >= 0.3 is 424 Å². The molecule has 0 amide bonds. The molecule has 6 nitrogen and oxygen atoms in total. The van der Waals surface area contributed by atoms with Gasteiger partial charge in [-0.15, -0.1) is 0 Å². The molecule has 8 aromatic carbocycles. The molecule has 2 radical (unpaired) electrons. The number of rotatable bonds is 12. The molecule has 0 N–H and O–H groups in total. The zero-order valence-corrected chi connectivity index (χ0v) is 49.1. The first-order chi connectivity index (χ1) is 32.8. The van der Waals surface area contributed by atoms with Gasteiger partial charge < -0.3 is 0 Å². The monoisotopic (exact) mass is 1410 g/mol. The molecule has 0 fully saturated rings. The predicted octanol–water partition coefficient (Wildman–Crippen LogP) is 6.06. The van der Waals surface area contributed by atoms with Crippen LogP contribution in [0.15, 0.2) is 243 Å². The van der Waals surface area contributed by atoms with Gasteiger partial charge in [-0.3, -0.25) is 0 Å². The first-order valence-corrected chi connectivity index (χ1v) is 37.0. The Morgan fingerprint density at radius 3 is 0.368 bits per heavy atom. The Bertz CT molecular complexity index is 2010. The third-order valence-corrected chi connectivity index (χ3v) is 55.0. The van der Waals surface area contributed by atoms with Crippen LogP contribution < -0.4 is 28.1 Å². The van der Waals surface area contributed by atoms with Crippen LogP contribution in [-0.4, -0.2) is 80.8 Å². The molecule has 0 aliphatic heterocycles. The number of hydrogen-bond acceptors (Lipinski definition) is 0. The summed E-state index contributed by atoms with van der Waals surface area (Å²) in [6.07, 6.45) is 0. The van der Waals surface area contributed by atoms with E-state index in [1.807, 2.05) is 0 Å². The molecule has 68 heavy (non-hydrogen) atoms. The first kappa shape index (κ1) is 66.6. The van der Waals surface area contributed by atoms with Gasteiger partial charge in [-0.2, -0.15) is 0 Å². The molecule has 0 aromatic heterocycles. The Labute approximate surface area is 452 Å². The molecule has 0 atom stereocenters. The van der Waals surface area contributed by atoms with Crippen LogP contribution in [-0.2, 0) is 62.1 Å².